The molecule has 0 amide bonds. The Morgan fingerprint density at radius 1 is 1.28 bits per heavy atom. The van der Waals surface area contributed by atoms with Crippen molar-refractivity contribution in [3.8, 4) is 5.88 Å². The average molecular weight is 252 g/mol. The van der Waals surface area contributed by atoms with Crippen molar-refractivity contribution in [3.63, 3.8) is 0 Å². The number of nitrogens with two attached hydrogens (primary N) is 1. The minimum absolute atomic E-state index is 0.637. The average Bonchev–Trinajstić information content (AvgIpc) is 2.41. The van der Waals surface area contributed by atoms with Crippen molar-refractivity contribution in [3.05, 3.63) is 12.3 Å². The second-order valence-electron chi connectivity index (χ2n) is 4.20. The normalized spacial score (nSPS) is 10.3. The van der Waals surface area contributed by atoms with Crippen LogP contribution in [0.3, 0.4) is 0 Å². The maximum absolute atomic E-state index is 5.45. The highest BCUT2D eigenvalue weighted by atomic mass is 16.5. The molecule has 0 unspecified atom stereocenters. The molecule has 0 saturated carbocycles. The third-order valence-electron chi connectivity index (χ3n) is 2.50. The predicted octanol–water partition coefficient (Wildman–Crippen LogP) is 2.20. The van der Waals surface area contributed by atoms with Crippen LogP contribution in [0.5, 0.6) is 5.88 Å². The molecule has 0 saturated heterocycles. The van der Waals surface area contributed by atoms with Crippen LogP contribution in [0, 0.1) is 0 Å². The number of rotatable bonds is 10. The van der Waals surface area contributed by atoms with E-state index >= 15 is 0 Å². The summed E-state index contributed by atoms with van der Waals surface area (Å²) in [5.74, 6) is 1.28. The first-order valence-electron chi connectivity index (χ1n) is 6.76. The van der Waals surface area contributed by atoms with Crippen LogP contribution in [0.2, 0.25) is 0 Å². The zero-order chi connectivity index (χ0) is 13.1. The summed E-state index contributed by atoms with van der Waals surface area (Å²) in [5.41, 5.74) is 5.44. The van der Waals surface area contributed by atoms with Gasteiger partial charge in [-0.15, -0.1) is 0 Å². The van der Waals surface area contributed by atoms with Gasteiger partial charge in [-0.05, 0) is 25.8 Å². The molecular weight excluding hydrogens is 228 g/mol. The number of hydrogen-bond donors (Lipinski definition) is 2. The van der Waals surface area contributed by atoms with E-state index in [1.54, 1.807) is 12.3 Å². The zero-order valence-corrected chi connectivity index (χ0v) is 11.2. The smallest absolute Gasteiger partial charge is 0.225 e. The van der Waals surface area contributed by atoms with Crippen LogP contribution >= 0.6 is 0 Å². The minimum Gasteiger partial charge on any atom is -0.478 e. The van der Waals surface area contributed by atoms with Crippen LogP contribution in [0.15, 0.2) is 12.3 Å². The minimum atomic E-state index is 0.637. The Morgan fingerprint density at radius 2 is 2.11 bits per heavy atom. The van der Waals surface area contributed by atoms with E-state index in [4.69, 9.17) is 10.5 Å². The summed E-state index contributed by atoms with van der Waals surface area (Å²) in [5, 5.41) is 3.20. The molecule has 0 spiro atoms. The quantitative estimate of drug-likeness (QED) is 0.624. The lowest BCUT2D eigenvalue weighted by atomic mass is 10.2. The maximum atomic E-state index is 5.45. The molecule has 0 atom stereocenters. The second kappa shape index (κ2) is 9.65. The van der Waals surface area contributed by atoms with Gasteiger partial charge in [-0.1, -0.05) is 19.8 Å². The van der Waals surface area contributed by atoms with E-state index in [0.717, 1.165) is 32.4 Å². The highest BCUT2D eigenvalue weighted by molar-refractivity contribution is 5.27. The first-order chi connectivity index (χ1) is 8.86. The fourth-order valence-corrected chi connectivity index (χ4v) is 1.54. The van der Waals surface area contributed by atoms with Gasteiger partial charge in [0.2, 0.25) is 11.8 Å². The Morgan fingerprint density at radius 3 is 2.89 bits per heavy atom. The fourth-order valence-electron chi connectivity index (χ4n) is 1.54. The van der Waals surface area contributed by atoms with Crippen molar-refractivity contribution >= 4 is 5.95 Å². The number of ether oxygens (including phenoxy) is 1. The van der Waals surface area contributed by atoms with Crippen molar-refractivity contribution in [2.24, 2.45) is 5.73 Å². The van der Waals surface area contributed by atoms with Gasteiger partial charge in [0, 0.05) is 18.8 Å². The molecule has 5 nitrogen and oxygen atoms in total. The van der Waals surface area contributed by atoms with Gasteiger partial charge < -0.3 is 15.8 Å². The molecule has 1 aromatic rings. The van der Waals surface area contributed by atoms with Gasteiger partial charge in [0.05, 0.1) is 6.61 Å². The van der Waals surface area contributed by atoms with E-state index in [0.29, 0.717) is 18.4 Å². The lowest BCUT2D eigenvalue weighted by Gasteiger charge is -2.07. The summed E-state index contributed by atoms with van der Waals surface area (Å²) in [6.45, 7) is 4.44. The van der Waals surface area contributed by atoms with Crippen molar-refractivity contribution in [1.82, 2.24) is 9.97 Å². The first-order valence-corrected chi connectivity index (χ1v) is 6.76. The molecule has 0 fully saturated rings. The topological polar surface area (TPSA) is 73.1 Å². The van der Waals surface area contributed by atoms with Gasteiger partial charge in [-0.2, -0.15) is 4.98 Å². The monoisotopic (exact) mass is 252 g/mol. The molecule has 1 rings (SSSR count). The Labute approximate surface area is 109 Å². The van der Waals surface area contributed by atoms with Gasteiger partial charge in [-0.3, -0.25) is 0 Å². The van der Waals surface area contributed by atoms with E-state index in [1.165, 1.54) is 12.8 Å². The summed E-state index contributed by atoms with van der Waals surface area (Å²) < 4.78 is 5.45. The molecule has 0 bridgehead atoms. The highest BCUT2D eigenvalue weighted by Gasteiger charge is 1.99. The van der Waals surface area contributed by atoms with E-state index < -0.39 is 0 Å². The van der Waals surface area contributed by atoms with Crippen LogP contribution in [-0.4, -0.2) is 29.7 Å². The molecule has 102 valence electrons. The molecule has 3 N–H and O–H groups in total. The second-order valence-corrected chi connectivity index (χ2v) is 4.20. The van der Waals surface area contributed by atoms with Crippen molar-refractivity contribution in [2.45, 2.75) is 39.0 Å². The number of anilines is 1. The number of hydrogen-bond acceptors (Lipinski definition) is 5. The fraction of sp³-hybridized carbons (Fsp3) is 0.692. The highest BCUT2D eigenvalue weighted by Crippen LogP contribution is 2.09. The molecular formula is C13H24N4O. The van der Waals surface area contributed by atoms with Crippen molar-refractivity contribution in [2.75, 3.05) is 25.0 Å². The van der Waals surface area contributed by atoms with Gasteiger partial charge in [-0.25, -0.2) is 4.98 Å². The predicted molar refractivity (Wildman–Crippen MR) is 73.8 cm³/mol. The summed E-state index contributed by atoms with van der Waals surface area (Å²) in [4.78, 5) is 8.44. The van der Waals surface area contributed by atoms with Crippen LogP contribution in [0.25, 0.3) is 0 Å². The standard InChI is InChI=1S/C13H24N4O/c1-2-11-18-12-7-10-16-13(17-12)15-9-6-4-3-5-8-14/h7,10H,2-6,8-9,11,14H2,1H3,(H,15,16,17). The third-order valence-corrected chi connectivity index (χ3v) is 2.50. The first kappa shape index (κ1) is 14.7. The van der Waals surface area contributed by atoms with Crippen LogP contribution in [0.1, 0.15) is 39.0 Å². The molecule has 0 aliphatic rings. The van der Waals surface area contributed by atoms with Crippen molar-refractivity contribution < 1.29 is 4.74 Å². The lowest BCUT2D eigenvalue weighted by Crippen LogP contribution is -2.07. The van der Waals surface area contributed by atoms with Crippen molar-refractivity contribution in [1.29, 1.82) is 0 Å². The van der Waals surface area contributed by atoms with E-state index in [2.05, 4.69) is 22.2 Å². The summed E-state index contributed by atoms with van der Waals surface area (Å²) >= 11 is 0. The molecule has 0 radical (unpaired) electrons. The van der Waals surface area contributed by atoms with Gasteiger partial charge in [0.15, 0.2) is 0 Å². The van der Waals surface area contributed by atoms with Gasteiger partial charge in [0.25, 0.3) is 0 Å². The number of nitrogens with zero attached hydrogens (tertiary/aromatic N) is 2. The summed E-state index contributed by atoms with van der Waals surface area (Å²) in [6.07, 6.45) is 7.30. The molecule has 18 heavy (non-hydrogen) atoms. The van der Waals surface area contributed by atoms with Gasteiger partial charge >= 0.3 is 0 Å². The summed E-state index contributed by atoms with van der Waals surface area (Å²) in [7, 11) is 0. The largest absolute Gasteiger partial charge is 0.478 e. The van der Waals surface area contributed by atoms with E-state index in [-0.39, 0.29) is 0 Å². The maximum Gasteiger partial charge on any atom is 0.225 e. The molecule has 5 heteroatoms. The summed E-state index contributed by atoms with van der Waals surface area (Å²) in [6, 6.07) is 1.78. The Hall–Kier alpha value is -1.36. The Bertz CT molecular complexity index is 320. The molecule has 1 aromatic heterocycles. The number of unbranched alkanes of at least 4 members (excludes halogenated alkanes) is 3. The number of nitrogens with one attached hydrogen (secondary N) is 1. The van der Waals surface area contributed by atoms with Crippen LogP contribution in [0.4, 0.5) is 5.95 Å². The SMILES string of the molecule is CCCOc1ccnc(NCCCCCCN)n1. The Balaban J connectivity index is 2.20. The lowest BCUT2D eigenvalue weighted by molar-refractivity contribution is 0.305. The molecule has 1 heterocycles. The Kier molecular flexibility index (Phi) is 7.88. The van der Waals surface area contributed by atoms with E-state index in [9.17, 15) is 0 Å². The van der Waals surface area contributed by atoms with E-state index in [1.807, 2.05) is 0 Å². The van der Waals surface area contributed by atoms with Crippen LogP contribution < -0.4 is 15.8 Å². The molecule has 0 aliphatic carbocycles. The zero-order valence-electron chi connectivity index (χ0n) is 11.2. The third kappa shape index (κ3) is 6.39. The van der Waals surface area contributed by atoms with Gasteiger partial charge in [0.1, 0.15) is 0 Å². The molecule has 0 aromatic carbocycles. The van der Waals surface area contributed by atoms with Crippen LogP contribution in [-0.2, 0) is 0 Å². The number of aromatic nitrogens is 2. The molecule has 0 aliphatic heterocycles.